The summed E-state index contributed by atoms with van der Waals surface area (Å²) in [5, 5.41) is 0. The van der Waals surface area contributed by atoms with Crippen molar-refractivity contribution in [1.29, 1.82) is 0 Å². The molecule has 0 aliphatic carbocycles. The number of halogens is 15. The van der Waals surface area contributed by atoms with Crippen molar-refractivity contribution in [3.63, 3.8) is 0 Å². The van der Waals surface area contributed by atoms with Gasteiger partial charge in [-0.15, -0.1) is 0 Å². The van der Waals surface area contributed by atoms with Crippen LogP contribution in [-0.2, 0) is 4.74 Å². The first-order valence-electron chi connectivity index (χ1n) is 7.45. The summed E-state index contributed by atoms with van der Waals surface area (Å²) in [7, 11) is -2.83. The third-order valence-corrected chi connectivity index (χ3v) is 5.51. The molecule has 0 rings (SSSR count). The van der Waals surface area contributed by atoms with Crippen molar-refractivity contribution >= 4 is 29.6 Å². The molecule has 29 heavy (non-hydrogen) atoms. The van der Waals surface area contributed by atoms with Crippen LogP contribution in [0.2, 0.25) is 6.04 Å². The van der Waals surface area contributed by atoms with Gasteiger partial charge in [0.15, 0.2) is 12.3 Å². The zero-order chi connectivity index (χ0) is 23.6. The second kappa shape index (κ2) is 9.98. The van der Waals surface area contributed by atoms with Gasteiger partial charge >= 0.3 is 23.9 Å². The Kier molecular flexibility index (Phi) is 9.93. The molecular formula is C12H13Cl2F13OSi. The molecule has 0 spiro atoms. The Bertz CT molecular complexity index is 522. The standard InChI is InChI=1S/C12H13Cl2F13OSi/c1-2-4(3-29(13)14)28-12(26,27)11(24,25)10(22,23)9(20,21)7(17)5(15)6(16)8(18)19/h4-8,29H,2-3H2,1H3. The summed E-state index contributed by atoms with van der Waals surface area (Å²) in [5.41, 5.74) is 0. The second-order valence-corrected chi connectivity index (χ2v) is 10.8. The molecule has 0 heterocycles. The van der Waals surface area contributed by atoms with Gasteiger partial charge in [-0.25, -0.2) is 22.0 Å². The van der Waals surface area contributed by atoms with Gasteiger partial charge in [-0.1, -0.05) is 6.92 Å². The summed E-state index contributed by atoms with van der Waals surface area (Å²) in [4.78, 5) is 0. The fourth-order valence-electron chi connectivity index (χ4n) is 1.85. The van der Waals surface area contributed by atoms with Crippen LogP contribution in [0, 0.1) is 0 Å². The summed E-state index contributed by atoms with van der Waals surface area (Å²) in [6.07, 6.45) is -27.9. The van der Waals surface area contributed by atoms with Crippen LogP contribution in [0.4, 0.5) is 57.1 Å². The Morgan fingerprint density at radius 2 is 1.24 bits per heavy atom. The van der Waals surface area contributed by atoms with Crippen molar-refractivity contribution in [3.05, 3.63) is 0 Å². The summed E-state index contributed by atoms with van der Waals surface area (Å²) < 4.78 is 175. The average Bonchev–Trinajstić information content (AvgIpc) is 2.57. The summed E-state index contributed by atoms with van der Waals surface area (Å²) in [6.45, 7) is 1.03. The Morgan fingerprint density at radius 3 is 1.59 bits per heavy atom. The highest BCUT2D eigenvalue weighted by Gasteiger charge is 2.84. The zero-order valence-corrected chi connectivity index (χ0v) is 16.6. The van der Waals surface area contributed by atoms with Crippen molar-refractivity contribution < 1.29 is 61.8 Å². The lowest BCUT2D eigenvalue weighted by atomic mass is 9.95. The molecule has 17 heteroatoms. The van der Waals surface area contributed by atoms with Crippen molar-refractivity contribution in [2.45, 2.75) is 74.3 Å². The minimum atomic E-state index is -7.40. The second-order valence-electron chi connectivity index (χ2n) is 5.69. The molecule has 176 valence electrons. The quantitative estimate of drug-likeness (QED) is 0.168. The monoisotopic (exact) mass is 518 g/mol. The van der Waals surface area contributed by atoms with E-state index in [1.807, 2.05) is 0 Å². The molecule has 0 aliphatic rings. The van der Waals surface area contributed by atoms with Crippen molar-refractivity contribution in [1.82, 2.24) is 0 Å². The Morgan fingerprint density at radius 1 is 0.793 bits per heavy atom. The molecule has 0 bridgehead atoms. The molecule has 1 nitrogen and oxygen atoms in total. The first kappa shape index (κ1) is 28.8. The molecule has 0 radical (unpaired) electrons. The topological polar surface area (TPSA) is 9.23 Å². The van der Waals surface area contributed by atoms with Gasteiger partial charge in [0.05, 0.1) is 6.10 Å². The maximum absolute atomic E-state index is 13.6. The van der Waals surface area contributed by atoms with Gasteiger partial charge in [0.1, 0.15) is 0 Å². The van der Waals surface area contributed by atoms with Gasteiger partial charge in [-0.2, -0.15) is 57.3 Å². The molecule has 0 aromatic heterocycles. The molecule has 0 aromatic carbocycles. The van der Waals surface area contributed by atoms with Crippen LogP contribution in [0.15, 0.2) is 0 Å². The maximum atomic E-state index is 13.6. The fraction of sp³-hybridized carbons (Fsp3) is 1.00. The zero-order valence-electron chi connectivity index (χ0n) is 14.0. The van der Waals surface area contributed by atoms with E-state index in [1.54, 1.807) is 0 Å². The minimum Gasteiger partial charge on any atom is -0.312 e. The van der Waals surface area contributed by atoms with E-state index in [-0.39, 0.29) is 0 Å². The van der Waals surface area contributed by atoms with Crippen LogP contribution in [0.5, 0.6) is 0 Å². The predicted molar refractivity (Wildman–Crippen MR) is 79.3 cm³/mol. The average molecular weight is 519 g/mol. The van der Waals surface area contributed by atoms with Crippen molar-refractivity contribution in [2.24, 2.45) is 0 Å². The molecule has 0 aromatic rings. The minimum absolute atomic E-state index is 0.563. The highest BCUT2D eigenvalue weighted by Crippen LogP contribution is 2.55. The van der Waals surface area contributed by atoms with E-state index in [1.165, 1.54) is 0 Å². The smallest absolute Gasteiger partial charge is 0.312 e. The van der Waals surface area contributed by atoms with Gasteiger partial charge < -0.3 is 4.74 Å². The van der Waals surface area contributed by atoms with E-state index in [9.17, 15) is 57.1 Å². The third kappa shape index (κ3) is 5.96. The van der Waals surface area contributed by atoms with Crippen LogP contribution in [0.25, 0.3) is 0 Å². The van der Waals surface area contributed by atoms with Crippen LogP contribution in [0.3, 0.4) is 0 Å². The van der Waals surface area contributed by atoms with E-state index < -0.39 is 74.8 Å². The lowest BCUT2D eigenvalue weighted by Gasteiger charge is -2.39. The summed E-state index contributed by atoms with van der Waals surface area (Å²) in [5.74, 6) is -21.6. The highest BCUT2D eigenvalue weighted by atomic mass is 35.7. The van der Waals surface area contributed by atoms with Gasteiger partial charge in [-0.05, 0) is 12.5 Å². The molecule has 0 fully saturated rings. The summed E-state index contributed by atoms with van der Waals surface area (Å²) >= 11 is 10.6. The number of hydrogen-bond acceptors (Lipinski definition) is 1. The number of hydrogen-bond donors (Lipinski definition) is 0. The first-order valence-corrected chi connectivity index (χ1v) is 11.8. The Balaban J connectivity index is 5.90. The highest BCUT2D eigenvalue weighted by molar-refractivity contribution is 7.33. The van der Waals surface area contributed by atoms with Gasteiger partial charge in [0.25, 0.3) is 6.43 Å². The normalized spacial score (nSPS) is 18.8. The summed E-state index contributed by atoms with van der Waals surface area (Å²) in [6, 6.07) is -0.705. The van der Waals surface area contributed by atoms with Crippen LogP contribution < -0.4 is 0 Å². The SMILES string of the molecule is CCC(C[SiH](Cl)Cl)OC(F)(F)C(F)(F)C(F)(F)C(F)(F)C(F)C(F)C(F)C(F)F. The number of rotatable bonds is 12. The fourth-order valence-corrected chi connectivity index (χ4v) is 3.87. The van der Waals surface area contributed by atoms with E-state index >= 15 is 0 Å². The largest absolute Gasteiger partial charge is 0.426 e. The van der Waals surface area contributed by atoms with Gasteiger partial charge in [0, 0.05) is 0 Å². The van der Waals surface area contributed by atoms with E-state index in [0.29, 0.717) is 0 Å². The van der Waals surface area contributed by atoms with E-state index in [4.69, 9.17) is 22.2 Å². The Hall–Kier alpha value is -0.153. The predicted octanol–water partition coefficient (Wildman–Crippen LogP) is 6.26. The molecule has 4 unspecified atom stereocenters. The first-order chi connectivity index (χ1) is 12.8. The van der Waals surface area contributed by atoms with Crippen molar-refractivity contribution in [3.8, 4) is 0 Å². The van der Waals surface area contributed by atoms with Crippen LogP contribution in [0.1, 0.15) is 13.3 Å². The molecule has 0 aliphatic heterocycles. The third-order valence-electron chi connectivity index (χ3n) is 3.56. The van der Waals surface area contributed by atoms with Crippen LogP contribution >= 0.6 is 22.2 Å². The van der Waals surface area contributed by atoms with Gasteiger partial charge in [0.2, 0.25) is 13.6 Å². The maximum Gasteiger partial charge on any atom is 0.426 e. The molecule has 4 atom stereocenters. The van der Waals surface area contributed by atoms with Crippen molar-refractivity contribution in [2.75, 3.05) is 0 Å². The molecule has 0 saturated carbocycles. The van der Waals surface area contributed by atoms with Gasteiger partial charge in [-0.3, -0.25) is 0 Å². The van der Waals surface area contributed by atoms with E-state index in [2.05, 4.69) is 4.74 Å². The number of alkyl halides is 13. The number of ether oxygens (including phenoxy) is 1. The molecule has 0 saturated heterocycles. The molecular weight excluding hydrogens is 506 g/mol. The van der Waals surface area contributed by atoms with Crippen LogP contribution in [-0.4, -0.2) is 62.3 Å². The lowest BCUT2D eigenvalue weighted by molar-refractivity contribution is -0.439. The van der Waals surface area contributed by atoms with E-state index in [0.717, 1.165) is 6.92 Å². The molecule has 0 amide bonds. The molecule has 0 N–H and O–H groups in total. The Labute approximate surface area is 166 Å². The lowest BCUT2D eigenvalue weighted by Crippen LogP contribution is -2.67.